The van der Waals surface area contributed by atoms with Crippen molar-refractivity contribution in [1.29, 1.82) is 0 Å². The van der Waals surface area contributed by atoms with Crippen LogP contribution in [0.5, 0.6) is 0 Å². The molecule has 1 aliphatic rings. The van der Waals surface area contributed by atoms with Crippen molar-refractivity contribution in [3.05, 3.63) is 35.9 Å². The number of hydrogen-bond donors (Lipinski definition) is 1. The minimum absolute atomic E-state index is 0.211. The molecule has 4 atom stereocenters. The van der Waals surface area contributed by atoms with E-state index < -0.39 is 0 Å². The molecule has 0 spiro atoms. The van der Waals surface area contributed by atoms with Gasteiger partial charge in [-0.2, -0.15) is 0 Å². The molecule has 106 valence electrons. The van der Waals surface area contributed by atoms with E-state index >= 15 is 0 Å². The number of benzene rings is 1. The van der Waals surface area contributed by atoms with Crippen molar-refractivity contribution in [3.63, 3.8) is 0 Å². The number of likely N-dealkylation sites (N-methyl/N-ethyl adjacent to an activating group) is 1. The fourth-order valence-corrected chi connectivity index (χ4v) is 3.22. The van der Waals surface area contributed by atoms with Crippen LogP contribution in [0, 0.1) is 5.92 Å². The van der Waals surface area contributed by atoms with Gasteiger partial charge in [-0.05, 0) is 38.3 Å². The lowest BCUT2D eigenvalue weighted by molar-refractivity contribution is -0.0454. The maximum atomic E-state index is 6.31. The third-order valence-corrected chi connectivity index (χ3v) is 4.23. The molecule has 1 aliphatic carbocycles. The number of hydrogen-bond acceptors (Lipinski definition) is 2. The number of nitrogens with one attached hydrogen (secondary N) is 1. The SMILES string of the molecule is CNC(c1ccccc1)C(C)OC1CCCC(C)C1. The summed E-state index contributed by atoms with van der Waals surface area (Å²) in [5, 5.41) is 3.39. The Hall–Kier alpha value is -0.860. The molecule has 0 radical (unpaired) electrons. The van der Waals surface area contributed by atoms with E-state index in [2.05, 4.69) is 49.5 Å². The Morgan fingerprint density at radius 2 is 1.95 bits per heavy atom. The zero-order chi connectivity index (χ0) is 13.7. The second-order valence-corrected chi connectivity index (χ2v) is 5.91. The van der Waals surface area contributed by atoms with Crippen molar-refractivity contribution >= 4 is 0 Å². The molecule has 19 heavy (non-hydrogen) atoms. The van der Waals surface area contributed by atoms with Gasteiger partial charge < -0.3 is 10.1 Å². The Morgan fingerprint density at radius 3 is 2.58 bits per heavy atom. The highest BCUT2D eigenvalue weighted by Gasteiger charge is 2.25. The third-order valence-electron chi connectivity index (χ3n) is 4.23. The highest BCUT2D eigenvalue weighted by atomic mass is 16.5. The maximum absolute atomic E-state index is 6.31. The monoisotopic (exact) mass is 261 g/mol. The highest BCUT2D eigenvalue weighted by molar-refractivity contribution is 5.19. The van der Waals surface area contributed by atoms with Gasteiger partial charge in [0.1, 0.15) is 0 Å². The van der Waals surface area contributed by atoms with E-state index in [4.69, 9.17) is 4.74 Å². The lowest BCUT2D eigenvalue weighted by Gasteiger charge is -2.32. The Kier molecular flexibility index (Phi) is 5.41. The summed E-state index contributed by atoms with van der Waals surface area (Å²) in [5.41, 5.74) is 1.31. The second kappa shape index (κ2) is 7.06. The van der Waals surface area contributed by atoms with E-state index in [9.17, 15) is 0 Å². The largest absolute Gasteiger partial charge is 0.373 e. The zero-order valence-electron chi connectivity index (χ0n) is 12.4. The van der Waals surface area contributed by atoms with Gasteiger partial charge >= 0.3 is 0 Å². The molecule has 0 bridgehead atoms. The molecule has 2 heteroatoms. The summed E-state index contributed by atoms with van der Waals surface area (Å²) in [6.07, 6.45) is 5.77. The van der Waals surface area contributed by atoms with Crippen LogP contribution < -0.4 is 5.32 Å². The van der Waals surface area contributed by atoms with Crippen LogP contribution in [0.2, 0.25) is 0 Å². The van der Waals surface area contributed by atoms with E-state index in [1.807, 2.05) is 7.05 Å². The number of ether oxygens (including phenoxy) is 1. The van der Waals surface area contributed by atoms with Gasteiger partial charge in [-0.15, -0.1) is 0 Å². The van der Waals surface area contributed by atoms with Crippen molar-refractivity contribution < 1.29 is 4.74 Å². The average Bonchev–Trinajstić information content (AvgIpc) is 2.41. The first-order chi connectivity index (χ1) is 9.20. The fourth-order valence-electron chi connectivity index (χ4n) is 3.22. The van der Waals surface area contributed by atoms with Crippen molar-refractivity contribution in [1.82, 2.24) is 5.32 Å². The Balaban J connectivity index is 1.95. The smallest absolute Gasteiger partial charge is 0.0745 e. The van der Waals surface area contributed by atoms with Gasteiger partial charge in [0.15, 0.2) is 0 Å². The molecular formula is C17H27NO. The summed E-state index contributed by atoms with van der Waals surface area (Å²) < 4.78 is 6.31. The molecule has 0 aromatic heterocycles. The van der Waals surface area contributed by atoms with Crippen molar-refractivity contribution in [2.24, 2.45) is 5.92 Å². The van der Waals surface area contributed by atoms with Crippen LogP contribution in [0.15, 0.2) is 30.3 Å². The summed E-state index contributed by atoms with van der Waals surface area (Å²) in [5.74, 6) is 0.815. The van der Waals surface area contributed by atoms with Gasteiger partial charge in [-0.1, -0.05) is 50.1 Å². The van der Waals surface area contributed by atoms with Crippen LogP contribution in [-0.4, -0.2) is 19.3 Å². The van der Waals surface area contributed by atoms with Gasteiger partial charge in [0.25, 0.3) is 0 Å². The average molecular weight is 261 g/mol. The van der Waals surface area contributed by atoms with Crippen molar-refractivity contribution in [3.8, 4) is 0 Å². The molecular weight excluding hydrogens is 234 g/mol. The third kappa shape index (κ3) is 4.05. The van der Waals surface area contributed by atoms with Crippen molar-refractivity contribution in [2.75, 3.05) is 7.05 Å². The predicted molar refractivity (Wildman–Crippen MR) is 80.2 cm³/mol. The molecule has 1 fully saturated rings. The van der Waals surface area contributed by atoms with Gasteiger partial charge in [0.2, 0.25) is 0 Å². The number of rotatable bonds is 5. The topological polar surface area (TPSA) is 21.3 Å². The molecule has 4 unspecified atom stereocenters. The summed E-state index contributed by atoms with van der Waals surface area (Å²) in [6, 6.07) is 10.9. The lowest BCUT2D eigenvalue weighted by atomic mass is 9.88. The first-order valence-corrected chi connectivity index (χ1v) is 7.58. The molecule has 2 nitrogen and oxygen atoms in total. The summed E-state index contributed by atoms with van der Waals surface area (Å²) in [7, 11) is 2.01. The van der Waals surface area contributed by atoms with Crippen LogP contribution in [-0.2, 0) is 4.74 Å². The normalized spacial score (nSPS) is 26.9. The van der Waals surface area contributed by atoms with E-state index in [-0.39, 0.29) is 12.1 Å². The Bertz CT molecular complexity index is 365. The fraction of sp³-hybridized carbons (Fsp3) is 0.647. The van der Waals surface area contributed by atoms with Crippen LogP contribution in [0.1, 0.15) is 51.1 Å². The molecule has 1 saturated carbocycles. The van der Waals surface area contributed by atoms with Gasteiger partial charge in [-0.25, -0.2) is 0 Å². The molecule has 0 saturated heterocycles. The zero-order valence-corrected chi connectivity index (χ0v) is 12.4. The Morgan fingerprint density at radius 1 is 1.21 bits per heavy atom. The minimum Gasteiger partial charge on any atom is -0.373 e. The van der Waals surface area contributed by atoms with Crippen molar-refractivity contribution in [2.45, 2.75) is 57.8 Å². The minimum atomic E-state index is 0.211. The molecule has 1 aromatic carbocycles. The van der Waals surface area contributed by atoms with Crippen LogP contribution >= 0.6 is 0 Å². The standard InChI is InChI=1S/C17H27NO/c1-13-8-7-11-16(12-13)19-14(2)17(18-3)15-9-5-4-6-10-15/h4-6,9-10,13-14,16-18H,7-8,11-12H2,1-3H3. The molecule has 1 aromatic rings. The van der Waals surface area contributed by atoms with E-state index in [0.29, 0.717) is 6.10 Å². The molecule has 0 heterocycles. The molecule has 1 N–H and O–H groups in total. The highest BCUT2D eigenvalue weighted by Crippen LogP contribution is 2.29. The van der Waals surface area contributed by atoms with E-state index in [1.165, 1.54) is 31.2 Å². The Labute approximate surface area is 117 Å². The van der Waals surface area contributed by atoms with E-state index in [0.717, 1.165) is 5.92 Å². The summed E-state index contributed by atoms with van der Waals surface area (Å²) in [4.78, 5) is 0. The molecule has 0 aliphatic heterocycles. The van der Waals surface area contributed by atoms with Gasteiger partial charge in [-0.3, -0.25) is 0 Å². The van der Waals surface area contributed by atoms with E-state index in [1.54, 1.807) is 0 Å². The second-order valence-electron chi connectivity index (χ2n) is 5.91. The summed E-state index contributed by atoms with van der Waals surface area (Å²) in [6.45, 7) is 4.53. The molecule has 2 rings (SSSR count). The van der Waals surface area contributed by atoms with Gasteiger partial charge in [0, 0.05) is 0 Å². The first-order valence-electron chi connectivity index (χ1n) is 7.58. The maximum Gasteiger partial charge on any atom is 0.0745 e. The predicted octanol–water partition coefficient (Wildman–Crippen LogP) is 3.93. The summed E-state index contributed by atoms with van der Waals surface area (Å²) >= 11 is 0. The first kappa shape index (κ1) is 14.5. The van der Waals surface area contributed by atoms with Gasteiger partial charge in [0.05, 0.1) is 18.2 Å². The lowest BCUT2D eigenvalue weighted by Crippen LogP contribution is -2.34. The van der Waals surface area contributed by atoms with Crippen LogP contribution in [0.3, 0.4) is 0 Å². The quantitative estimate of drug-likeness (QED) is 0.867. The van der Waals surface area contributed by atoms with Crippen LogP contribution in [0.25, 0.3) is 0 Å². The molecule has 0 amide bonds. The van der Waals surface area contributed by atoms with Crippen LogP contribution in [0.4, 0.5) is 0 Å².